The molecule has 1 amide bonds. The molecule has 3 aromatic carbocycles. The third kappa shape index (κ3) is 4.63. The first-order valence-electron chi connectivity index (χ1n) is 10.1. The fraction of sp³-hybridized carbons (Fsp3) is 0.240. The second kappa shape index (κ2) is 9.01. The van der Waals surface area contributed by atoms with E-state index in [0.717, 1.165) is 45.2 Å². The summed E-state index contributed by atoms with van der Waals surface area (Å²) in [5.74, 6) is 0.806. The molecule has 1 aromatic heterocycles. The molecule has 0 bridgehead atoms. The predicted octanol–water partition coefficient (Wildman–Crippen LogP) is 4.39. The maximum absolute atomic E-state index is 12.6. The summed E-state index contributed by atoms with van der Waals surface area (Å²) in [6.07, 6.45) is 1.98. The van der Waals surface area contributed by atoms with Gasteiger partial charge in [-0.2, -0.15) is 0 Å². The van der Waals surface area contributed by atoms with E-state index >= 15 is 0 Å². The van der Waals surface area contributed by atoms with Gasteiger partial charge in [-0.05, 0) is 48.6 Å². The van der Waals surface area contributed by atoms with Gasteiger partial charge in [0.05, 0.1) is 12.7 Å². The molecule has 0 fully saturated rings. The van der Waals surface area contributed by atoms with Crippen molar-refractivity contribution in [2.75, 3.05) is 27.2 Å². The number of carbonyl (C=O) groups excluding carboxylic acids is 1. The quantitative estimate of drug-likeness (QED) is 0.475. The highest BCUT2D eigenvalue weighted by atomic mass is 16.5. The first-order chi connectivity index (χ1) is 14.6. The van der Waals surface area contributed by atoms with E-state index in [1.165, 1.54) is 0 Å². The molecule has 154 valence electrons. The molecule has 0 atom stereocenters. The smallest absolute Gasteiger partial charge is 0.224 e. The van der Waals surface area contributed by atoms with E-state index in [4.69, 9.17) is 9.15 Å². The molecular formula is C25H26N2O3. The highest BCUT2D eigenvalue weighted by Gasteiger charge is 2.13. The van der Waals surface area contributed by atoms with Crippen LogP contribution in [-0.2, 0) is 17.8 Å². The summed E-state index contributed by atoms with van der Waals surface area (Å²) in [6.45, 7) is 2.00. The van der Waals surface area contributed by atoms with Crippen molar-refractivity contribution >= 4 is 27.6 Å². The molecule has 0 spiro atoms. The SMILES string of the molecule is CN(C)CCOc1ccc(CNC(=O)Cc2coc3ccc4ccccc4c23)cc1. The van der Waals surface area contributed by atoms with Gasteiger partial charge in [0.25, 0.3) is 0 Å². The molecule has 0 saturated carbocycles. The molecule has 30 heavy (non-hydrogen) atoms. The number of likely N-dealkylation sites (N-methyl/N-ethyl adjacent to an activating group) is 1. The van der Waals surface area contributed by atoms with Crippen LogP contribution in [0.5, 0.6) is 5.75 Å². The van der Waals surface area contributed by atoms with Gasteiger partial charge in [0, 0.05) is 24.0 Å². The summed E-state index contributed by atoms with van der Waals surface area (Å²) < 4.78 is 11.4. The van der Waals surface area contributed by atoms with Crippen molar-refractivity contribution in [1.82, 2.24) is 10.2 Å². The second-order valence-electron chi connectivity index (χ2n) is 7.67. The van der Waals surface area contributed by atoms with Crippen LogP contribution in [0.2, 0.25) is 0 Å². The molecule has 1 N–H and O–H groups in total. The van der Waals surface area contributed by atoms with Crippen molar-refractivity contribution in [3.05, 3.63) is 78.1 Å². The predicted molar refractivity (Wildman–Crippen MR) is 120 cm³/mol. The van der Waals surface area contributed by atoms with E-state index in [1.807, 2.05) is 62.6 Å². The molecule has 5 heteroatoms. The van der Waals surface area contributed by atoms with E-state index in [-0.39, 0.29) is 12.3 Å². The van der Waals surface area contributed by atoms with Crippen LogP contribution in [0.25, 0.3) is 21.7 Å². The minimum Gasteiger partial charge on any atom is -0.492 e. The number of hydrogen-bond acceptors (Lipinski definition) is 4. The Labute approximate surface area is 176 Å². The van der Waals surface area contributed by atoms with Gasteiger partial charge in [-0.1, -0.05) is 42.5 Å². The normalized spacial score (nSPS) is 11.3. The Bertz CT molecular complexity index is 1150. The first-order valence-corrected chi connectivity index (χ1v) is 10.1. The van der Waals surface area contributed by atoms with Crippen LogP contribution < -0.4 is 10.1 Å². The van der Waals surface area contributed by atoms with Gasteiger partial charge in [-0.15, -0.1) is 0 Å². The number of nitrogens with zero attached hydrogens (tertiary/aromatic N) is 1. The van der Waals surface area contributed by atoms with Crippen LogP contribution in [0.3, 0.4) is 0 Å². The molecule has 4 aromatic rings. The van der Waals surface area contributed by atoms with E-state index < -0.39 is 0 Å². The lowest BCUT2D eigenvalue weighted by molar-refractivity contribution is -0.120. The highest BCUT2D eigenvalue weighted by Crippen LogP contribution is 2.30. The lowest BCUT2D eigenvalue weighted by Crippen LogP contribution is -2.24. The fourth-order valence-corrected chi connectivity index (χ4v) is 3.49. The largest absolute Gasteiger partial charge is 0.492 e. The molecule has 0 aliphatic heterocycles. The van der Waals surface area contributed by atoms with Gasteiger partial charge < -0.3 is 19.4 Å². The average molecular weight is 402 g/mol. The zero-order chi connectivity index (χ0) is 20.9. The van der Waals surface area contributed by atoms with Gasteiger partial charge in [-0.3, -0.25) is 4.79 Å². The molecular weight excluding hydrogens is 376 g/mol. The maximum Gasteiger partial charge on any atom is 0.224 e. The Morgan fingerprint density at radius 1 is 1.03 bits per heavy atom. The number of carbonyl (C=O) groups is 1. The third-order valence-corrected chi connectivity index (χ3v) is 5.11. The lowest BCUT2D eigenvalue weighted by atomic mass is 10.0. The standard InChI is InChI=1S/C25H26N2O3/c1-27(2)13-14-29-21-10-7-18(8-11-21)16-26-24(28)15-20-17-30-23-12-9-19-5-3-4-6-22(19)25(20)23/h3-12,17H,13-16H2,1-2H3,(H,26,28). The summed E-state index contributed by atoms with van der Waals surface area (Å²) in [5, 5.41) is 6.26. The third-order valence-electron chi connectivity index (χ3n) is 5.11. The number of rotatable bonds is 8. The number of ether oxygens (including phenoxy) is 1. The molecule has 0 saturated heterocycles. The minimum absolute atomic E-state index is 0.0306. The highest BCUT2D eigenvalue weighted by molar-refractivity contribution is 6.08. The number of furan rings is 1. The molecule has 0 unspecified atom stereocenters. The summed E-state index contributed by atoms with van der Waals surface area (Å²) in [4.78, 5) is 14.6. The van der Waals surface area contributed by atoms with E-state index in [9.17, 15) is 4.79 Å². The summed E-state index contributed by atoms with van der Waals surface area (Å²) in [7, 11) is 4.04. The number of hydrogen-bond donors (Lipinski definition) is 1. The molecule has 0 radical (unpaired) electrons. The number of amides is 1. The van der Waals surface area contributed by atoms with E-state index in [0.29, 0.717) is 13.2 Å². The number of benzene rings is 3. The van der Waals surface area contributed by atoms with E-state index in [2.05, 4.69) is 22.3 Å². The Balaban J connectivity index is 1.37. The Morgan fingerprint density at radius 3 is 2.63 bits per heavy atom. The van der Waals surface area contributed by atoms with Crippen LogP contribution in [-0.4, -0.2) is 38.1 Å². The van der Waals surface area contributed by atoms with Crippen LogP contribution in [0.4, 0.5) is 0 Å². The summed E-state index contributed by atoms with van der Waals surface area (Å²) >= 11 is 0. The van der Waals surface area contributed by atoms with Crippen molar-refractivity contribution in [1.29, 1.82) is 0 Å². The monoisotopic (exact) mass is 402 g/mol. The average Bonchev–Trinajstić information content (AvgIpc) is 3.16. The first kappa shape index (κ1) is 20.0. The van der Waals surface area contributed by atoms with Crippen molar-refractivity contribution in [3.63, 3.8) is 0 Å². The van der Waals surface area contributed by atoms with Crippen molar-refractivity contribution in [3.8, 4) is 5.75 Å². The van der Waals surface area contributed by atoms with Gasteiger partial charge in [0.15, 0.2) is 0 Å². The van der Waals surface area contributed by atoms with E-state index in [1.54, 1.807) is 6.26 Å². The van der Waals surface area contributed by atoms with Crippen LogP contribution in [0, 0.1) is 0 Å². The molecule has 0 aliphatic carbocycles. The van der Waals surface area contributed by atoms with Crippen molar-refractivity contribution in [2.24, 2.45) is 0 Å². The molecule has 1 heterocycles. The summed E-state index contributed by atoms with van der Waals surface area (Å²) in [5.41, 5.74) is 2.75. The minimum atomic E-state index is -0.0306. The lowest BCUT2D eigenvalue weighted by Gasteiger charge is -2.11. The second-order valence-corrected chi connectivity index (χ2v) is 7.67. The molecule has 5 nitrogen and oxygen atoms in total. The van der Waals surface area contributed by atoms with Crippen molar-refractivity contribution < 1.29 is 13.9 Å². The zero-order valence-corrected chi connectivity index (χ0v) is 17.4. The zero-order valence-electron chi connectivity index (χ0n) is 17.4. The number of fused-ring (bicyclic) bond motifs is 3. The molecule has 0 aliphatic rings. The van der Waals surface area contributed by atoms with Crippen molar-refractivity contribution in [2.45, 2.75) is 13.0 Å². The maximum atomic E-state index is 12.6. The van der Waals surface area contributed by atoms with Crippen LogP contribution in [0.1, 0.15) is 11.1 Å². The molecule has 4 rings (SSSR count). The Kier molecular flexibility index (Phi) is 6.00. The van der Waals surface area contributed by atoms with Gasteiger partial charge in [-0.25, -0.2) is 0 Å². The Morgan fingerprint density at radius 2 is 1.83 bits per heavy atom. The number of nitrogens with one attached hydrogen (secondary N) is 1. The Hall–Kier alpha value is -3.31. The summed E-state index contributed by atoms with van der Waals surface area (Å²) in [6, 6.07) is 20.0. The fourth-order valence-electron chi connectivity index (χ4n) is 3.49. The van der Waals surface area contributed by atoms with Gasteiger partial charge >= 0.3 is 0 Å². The van der Waals surface area contributed by atoms with Gasteiger partial charge in [0.1, 0.15) is 17.9 Å². The van der Waals surface area contributed by atoms with Crippen LogP contribution in [0.15, 0.2) is 71.3 Å². The van der Waals surface area contributed by atoms with Crippen LogP contribution >= 0.6 is 0 Å². The topological polar surface area (TPSA) is 54.7 Å². The van der Waals surface area contributed by atoms with Gasteiger partial charge in [0.2, 0.25) is 5.91 Å².